The van der Waals surface area contributed by atoms with Gasteiger partial charge in [-0.25, -0.2) is 0 Å². The first kappa shape index (κ1) is 11.8. The maximum absolute atomic E-state index is 10.9. The van der Waals surface area contributed by atoms with E-state index in [1.807, 2.05) is 0 Å². The van der Waals surface area contributed by atoms with Crippen molar-refractivity contribution in [2.45, 2.75) is 6.61 Å². The van der Waals surface area contributed by atoms with E-state index in [4.69, 9.17) is 16.7 Å². The smallest absolute Gasteiger partial charge is 0.325 e. The molecule has 0 saturated carbocycles. The lowest BCUT2D eigenvalue weighted by Gasteiger charge is -2.08. The van der Waals surface area contributed by atoms with Gasteiger partial charge in [0.25, 0.3) is 0 Å². The molecule has 0 radical (unpaired) electrons. The van der Waals surface area contributed by atoms with E-state index in [2.05, 4.69) is 10.1 Å². The van der Waals surface area contributed by atoms with Gasteiger partial charge in [0.05, 0.1) is 24.4 Å². The Morgan fingerprint density at radius 3 is 2.93 bits per heavy atom. The first-order valence-corrected chi connectivity index (χ1v) is 4.75. The fraction of sp³-hybridized carbons (Fsp3) is 0.300. The number of hydrogen-bond acceptors (Lipinski definition) is 4. The average Bonchev–Trinajstić information content (AvgIpc) is 2.27. The number of carbonyl (C=O) groups excluding carboxylic acids is 1. The van der Waals surface area contributed by atoms with Gasteiger partial charge in [-0.05, 0) is 17.7 Å². The number of rotatable bonds is 4. The Morgan fingerprint density at radius 2 is 2.33 bits per heavy atom. The van der Waals surface area contributed by atoms with Gasteiger partial charge in [-0.1, -0.05) is 17.7 Å². The fourth-order valence-corrected chi connectivity index (χ4v) is 1.23. The molecule has 0 aliphatic rings. The van der Waals surface area contributed by atoms with Crippen LogP contribution in [0.25, 0.3) is 0 Å². The first-order valence-electron chi connectivity index (χ1n) is 4.37. The van der Waals surface area contributed by atoms with Crippen molar-refractivity contribution in [3.05, 3.63) is 28.8 Å². The minimum Gasteiger partial charge on any atom is -0.468 e. The zero-order valence-electron chi connectivity index (χ0n) is 8.29. The first-order chi connectivity index (χ1) is 7.17. The largest absolute Gasteiger partial charge is 0.468 e. The number of methoxy groups -OCH3 is 1. The van der Waals surface area contributed by atoms with E-state index in [-0.39, 0.29) is 19.1 Å². The lowest BCUT2D eigenvalue weighted by molar-refractivity contribution is -0.138. The monoisotopic (exact) mass is 229 g/mol. The van der Waals surface area contributed by atoms with Gasteiger partial charge in [0.15, 0.2) is 0 Å². The summed E-state index contributed by atoms with van der Waals surface area (Å²) in [6, 6.07) is 5.06. The number of hydrogen-bond donors (Lipinski definition) is 2. The van der Waals surface area contributed by atoms with Crippen LogP contribution in [0.1, 0.15) is 5.56 Å². The van der Waals surface area contributed by atoms with Crippen LogP contribution >= 0.6 is 11.6 Å². The SMILES string of the molecule is COC(=O)CNc1cc(CO)ccc1Cl. The van der Waals surface area contributed by atoms with Crippen LogP contribution < -0.4 is 5.32 Å². The Balaban J connectivity index is 2.70. The maximum Gasteiger partial charge on any atom is 0.325 e. The van der Waals surface area contributed by atoms with Gasteiger partial charge in [-0.2, -0.15) is 0 Å². The van der Waals surface area contributed by atoms with Crippen LogP contribution in [0.2, 0.25) is 5.02 Å². The van der Waals surface area contributed by atoms with Gasteiger partial charge >= 0.3 is 5.97 Å². The highest BCUT2D eigenvalue weighted by atomic mass is 35.5. The van der Waals surface area contributed by atoms with E-state index in [0.717, 1.165) is 5.56 Å². The lowest BCUT2D eigenvalue weighted by atomic mass is 10.2. The number of benzene rings is 1. The Labute approximate surface area is 92.8 Å². The molecule has 0 bridgehead atoms. The number of nitrogens with one attached hydrogen (secondary N) is 1. The second-order valence-electron chi connectivity index (χ2n) is 2.90. The topological polar surface area (TPSA) is 58.6 Å². The molecule has 1 rings (SSSR count). The number of ether oxygens (including phenoxy) is 1. The molecular formula is C10H12ClNO3. The van der Waals surface area contributed by atoms with Crippen LogP contribution in [-0.2, 0) is 16.1 Å². The third-order valence-corrected chi connectivity index (χ3v) is 2.19. The van der Waals surface area contributed by atoms with E-state index in [0.29, 0.717) is 10.7 Å². The highest BCUT2D eigenvalue weighted by Gasteiger charge is 2.04. The van der Waals surface area contributed by atoms with Crippen LogP contribution in [0.5, 0.6) is 0 Å². The minimum atomic E-state index is -0.375. The Kier molecular flexibility index (Phi) is 4.39. The molecule has 1 aromatic carbocycles. The van der Waals surface area contributed by atoms with E-state index < -0.39 is 0 Å². The van der Waals surface area contributed by atoms with Crippen molar-refractivity contribution < 1.29 is 14.6 Å². The Bertz CT molecular complexity index is 355. The van der Waals surface area contributed by atoms with Gasteiger partial charge in [0.1, 0.15) is 6.54 Å². The third-order valence-electron chi connectivity index (χ3n) is 1.86. The molecule has 4 nitrogen and oxygen atoms in total. The van der Waals surface area contributed by atoms with Crippen LogP contribution in [0.3, 0.4) is 0 Å². The van der Waals surface area contributed by atoms with Crippen molar-refractivity contribution in [1.82, 2.24) is 0 Å². The zero-order valence-corrected chi connectivity index (χ0v) is 9.04. The molecule has 0 unspecified atom stereocenters. The van der Waals surface area contributed by atoms with Gasteiger partial charge in [-0.3, -0.25) is 4.79 Å². The highest BCUT2D eigenvalue weighted by molar-refractivity contribution is 6.33. The minimum absolute atomic E-state index is 0.0467. The van der Waals surface area contributed by atoms with Crippen molar-refractivity contribution >= 4 is 23.3 Å². The second-order valence-corrected chi connectivity index (χ2v) is 3.31. The van der Waals surface area contributed by atoms with Crippen molar-refractivity contribution in [1.29, 1.82) is 0 Å². The zero-order chi connectivity index (χ0) is 11.3. The highest BCUT2D eigenvalue weighted by Crippen LogP contribution is 2.22. The molecule has 0 amide bonds. The number of esters is 1. The second kappa shape index (κ2) is 5.58. The van der Waals surface area contributed by atoms with E-state index in [1.165, 1.54) is 7.11 Å². The molecule has 0 fully saturated rings. The molecule has 15 heavy (non-hydrogen) atoms. The lowest BCUT2D eigenvalue weighted by Crippen LogP contribution is -2.15. The third kappa shape index (κ3) is 3.42. The summed E-state index contributed by atoms with van der Waals surface area (Å²) in [4.78, 5) is 10.9. The molecule has 0 aliphatic carbocycles. The standard InChI is InChI=1S/C10H12ClNO3/c1-15-10(14)5-12-9-4-7(6-13)2-3-8(9)11/h2-4,12-13H,5-6H2,1H3. The number of carbonyl (C=O) groups is 1. The van der Waals surface area contributed by atoms with Crippen LogP contribution in [-0.4, -0.2) is 24.7 Å². The van der Waals surface area contributed by atoms with Crippen LogP contribution in [0, 0.1) is 0 Å². The van der Waals surface area contributed by atoms with Crippen molar-refractivity contribution in [3.8, 4) is 0 Å². The quantitative estimate of drug-likeness (QED) is 0.767. The summed E-state index contributed by atoms with van der Waals surface area (Å²) in [5.74, 6) is -0.375. The Morgan fingerprint density at radius 1 is 1.60 bits per heavy atom. The predicted octanol–water partition coefficient (Wildman–Crippen LogP) is 1.42. The molecule has 5 heteroatoms. The number of aliphatic hydroxyl groups is 1. The molecule has 2 N–H and O–H groups in total. The van der Waals surface area contributed by atoms with Gasteiger partial charge in [-0.15, -0.1) is 0 Å². The van der Waals surface area contributed by atoms with Crippen molar-refractivity contribution in [2.75, 3.05) is 19.0 Å². The van der Waals surface area contributed by atoms with Crippen molar-refractivity contribution in [2.24, 2.45) is 0 Å². The average molecular weight is 230 g/mol. The summed E-state index contributed by atoms with van der Waals surface area (Å²) in [7, 11) is 1.32. The molecular weight excluding hydrogens is 218 g/mol. The molecule has 0 saturated heterocycles. The molecule has 0 aliphatic heterocycles. The van der Waals surface area contributed by atoms with Crippen LogP contribution in [0.4, 0.5) is 5.69 Å². The maximum atomic E-state index is 10.9. The summed E-state index contributed by atoms with van der Waals surface area (Å²) in [5.41, 5.74) is 1.33. The van der Waals surface area contributed by atoms with Gasteiger partial charge < -0.3 is 15.2 Å². The van der Waals surface area contributed by atoms with E-state index >= 15 is 0 Å². The van der Waals surface area contributed by atoms with Gasteiger partial charge in [0.2, 0.25) is 0 Å². The number of anilines is 1. The summed E-state index contributed by atoms with van der Waals surface area (Å²) in [6.07, 6.45) is 0. The van der Waals surface area contributed by atoms with Crippen molar-refractivity contribution in [3.63, 3.8) is 0 Å². The summed E-state index contributed by atoms with van der Waals surface area (Å²) >= 11 is 5.88. The Hall–Kier alpha value is -1.26. The van der Waals surface area contributed by atoms with E-state index in [1.54, 1.807) is 18.2 Å². The predicted molar refractivity (Wildman–Crippen MR) is 57.9 cm³/mol. The normalized spacial score (nSPS) is 9.80. The summed E-state index contributed by atoms with van der Waals surface area (Å²) < 4.78 is 4.47. The molecule has 1 aromatic rings. The summed E-state index contributed by atoms with van der Waals surface area (Å²) in [5, 5.41) is 12.2. The molecule has 82 valence electrons. The molecule has 0 heterocycles. The fourth-order valence-electron chi connectivity index (χ4n) is 1.05. The molecule has 0 aromatic heterocycles. The number of aliphatic hydroxyl groups excluding tert-OH is 1. The van der Waals surface area contributed by atoms with Gasteiger partial charge in [0, 0.05) is 0 Å². The van der Waals surface area contributed by atoms with E-state index in [9.17, 15) is 4.79 Å². The molecule has 0 atom stereocenters. The van der Waals surface area contributed by atoms with Crippen LogP contribution in [0.15, 0.2) is 18.2 Å². The molecule has 0 spiro atoms. The summed E-state index contributed by atoms with van der Waals surface area (Å²) in [6.45, 7) is -0.0187. The number of halogens is 1.